The summed E-state index contributed by atoms with van der Waals surface area (Å²) in [5.41, 5.74) is 1.75. The van der Waals surface area contributed by atoms with Gasteiger partial charge in [-0.05, 0) is 12.5 Å². The lowest BCUT2D eigenvalue weighted by Crippen LogP contribution is -2.13. The molecule has 0 aliphatic carbocycles. The fraction of sp³-hybridized carbons (Fsp3) is 0.200. The molecule has 104 valence electrons. The highest BCUT2D eigenvalue weighted by Crippen LogP contribution is 2.28. The molecule has 6 nitrogen and oxygen atoms in total. The second-order valence-electron chi connectivity index (χ2n) is 4.63. The Bertz CT molecular complexity index is 788. The molecule has 0 bridgehead atoms. The third-order valence-electron chi connectivity index (χ3n) is 3.35. The number of H-pyrrole nitrogens is 1. The van der Waals surface area contributed by atoms with Crippen LogP contribution >= 0.6 is 0 Å². The van der Waals surface area contributed by atoms with E-state index in [9.17, 15) is 5.26 Å². The van der Waals surface area contributed by atoms with Crippen molar-refractivity contribution in [3.63, 3.8) is 0 Å². The molecule has 3 rings (SSSR count). The van der Waals surface area contributed by atoms with Gasteiger partial charge < -0.3 is 10.3 Å². The zero-order chi connectivity index (χ0) is 14.7. The van der Waals surface area contributed by atoms with Crippen LogP contribution in [0.15, 0.2) is 36.7 Å². The van der Waals surface area contributed by atoms with Crippen LogP contribution in [0.2, 0.25) is 0 Å². The molecule has 1 unspecified atom stereocenters. The van der Waals surface area contributed by atoms with Crippen LogP contribution in [0.1, 0.15) is 30.9 Å². The average molecular weight is 278 g/mol. The van der Waals surface area contributed by atoms with Gasteiger partial charge in [-0.15, -0.1) is 10.2 Å². The molecule has 21 heavy (non-hydrogen) atoms. The minimum atomic E-state index is -0.0142. The van der Waals surface area contributed by atoms with Crippen LogP contribution in [0.4, 0.5) is 5.69 Å². The van der Waals surface area contributed by atoms with Crippen molar-refractivity contribution < 1.29 is 0 Å². The molecule has 0 aliphatic rings. The first-order valence-corrected chi connectivity index (χ1v) is 6.74. The lowest BCUT2D eigenvalue weighted by Gasteiger charge is -2.17. The molecular formula is C15H14N6. The number of hydrogen-bond acceptors (Lipinski definition) is 5. The monoisotopic (exact) mass is 278 g/mol. The minimum absolute atomic E-state index is 0.0142. The number of fused-ring (bicyclic) bond motifs is 1. The number of hydrogen-bond donors (Lipinski definition) is 2. The van der Waals surface area contributed by atoms with Gasteiger partial charge in [-0.1, -0.05) is 25.1 Å². The molecule has 6 heteroatoms. The van der Waals surface area contributed by atoms with Gasteiger partial charge in [0.2, 0.25) is 0 Å². The Morgan fingerprint density at radius 1 is 1.33 bits per heavy atom. The summed E-state index contributed by atoms with van der Waals surface area (Å²) >= 11 is 0. The summed E-state index contributed by atoms with van der Waals surface area (Å²) in [4.78, 5) is 7.38. The molecule has 2 heterocycles. The van der Waals surface area contributed by atoms with Gasteiger partial charge in [-0.2, -0.15) is 5.26 Å². The standard InChI is InChI=1S/C15H14N6/c1-2-11(15-17-7-8-18-15)19-14-10-5-3-4-6-12(10)20-21-13(14)9-16/h3-8,11H,2H2,1H3,(H,17,18)(H,19,20). The van der Waals surface area contributed by atoms with Crippen LogP contribution in [0, 0.1) is 11.3 Å². The van der Waals surface area contributed by atoms with Crippen LogP contribution in [0.3, 0.4) is 0 Å². The predicted molar refractivity (Wildman–Crippen MR) is 79.5 cm³/mol. The van der Waals surface area contributed by atoms with E-state index < -0.39 is 0 Å². The lowest BCUT2D eigenvalue weighted by molar-refractivity contribution is 0.703. The number of aromatic nitrogens is 4. The van der Waals surface area contributed by atoms with Gasteiger partial charge >= 0.3 is 0 Å². The zero-order valence-electron chi connectivity index (χ0n) is 11.5. The Balaban J connectivity index is 2.08. The molecule has 2 aromatic heterocycles. The summed E-state index contributed by atoms with van der Waals surface area (Å²) < 4.78 is 0. The smallest absolute Gasteiger partial charge is 0.186 e. The number of nitrogens with zero attached hydrogens (tertiary/aromatic N) is 4. The summed E-state index contributed by atoms with van der Waals surface area (Å²) in [6.07, 6.45) is 4.33. The van der Waals surface area contributed by atoms with Crippen LogP contribution in [0.25, 0.3) is 10.9 Å². The highest BCUT2D eigenvalue weighted by Gasteiger charge is 2.17. The summed E-state index contributed by atoms with van der Waals surface area (Å²) in [5.74, 6) is 0.835. The number of anilines is 1. The van der Waals surface area contributed by atoms with E-state index in [1.165, 1.54) is 0 Å². The van der Waals surface area contributed by atoms with Gasteiger partial charge in [0.15, 0.2) is 5.69 Å². The molecule has 0 fully saturated rings. The number of rotatable bonds is 4. The Morgan fingerprint density at radius 3 is 2.90 bits per heavy atom. The van der Waals surface area contributed by atoms with E-state index in [0.717, 1.165) is 23.1 Å². The Morgan fingerprint density at radius 2 is 2.19 bits per heavy atom. The molecular weight excluding hydrogens is 264 g/mol. The average Bonchev–Trinajstić information content (AvgIpc) is 3.06. The predicted octanol–water partition coefficient (Wildman–Crippen LogP) is 2.79. The maximum absolute atomic E-state index is 9.28. The highest BCUT2D eigenvalue weighted by atomic mass is 15.1. The topological polar surface area (TPSA) is 90.3 Å². The van der Waals surface area contributed by atoms with E-state index in [2.05, 4.69) is 38.5 Å². The van der Waals surface area contributed by atoms with E-state index >= 15 is 0 Å². The van der Waals surface area contributed by atoms with Gasteiger partial charge in [-0.25, -0.2) is 4.98 Å². The fourth-order valence-corrected chi connectivity index (χ4v) is 2.28. The van der Waals surface area contributed by atoms with Gasteiger partial charge in [0.25, 0.3) is 0 Å². The van der Waals surface area contributed by atoms with Crippen molar-refractivity contribution in [3.05, 3.63) is 48.2 Å². The van der Waals surface area contributed by atoms with Crippen LogP contribution in [0.5, 0.6) is 0 Å². The van der Waals surface area contributed by atoms with E-state index in [1.54, 1.807) is 12.4 Å². The second-order valence-corrected chi connectivity index (χ2v) is 4.63. The maximum Gasteiger partial charge on any atom is 0.186 e. The van der Waals surface area contributed by atoms with Gasteiger partial charge in [0.05, 0.1) is 17.2 Å². The molecule has 0 amide bonds. The number of benzene rings is 1. The van der Waals surface area contributed by atoms with Crippen molar-refractivity contribution >= 4 is 16.6 Å². The van der Waals surface area contributed by atoms with Gasteiger partial charge in [0, 0.05) is 17.8 Å². The van der Waals surface area contributed by atoms with E-state index in [-0.39, 0.29) is 6.04 Å². The molecule has 3 aromatic rings. The van der Waals surface area contributed by atoms with Crippen molar-refractivity contribution in [1.29, 1.82) is 5.26 Å². The molecule has 1 aromatic carbocycles. The number of nitrogens with one attached hydrogen (secondary N) is 2. The molecule has 2 N–H and O–H groups in total. The Kier molecular flexibility index (Phi) is 3.48. The highest BCUT2D eigenvalue weighted by molar-refractivity contribution is 5.92. The first kappa shape index (κ1) is 13.1. The molecule has 0 saturated carbocycles. The molecule has 0 radical (unpaired) electrons. The quantitative estimate of drug-likeness (QED) is 0.765. The van der Waals surface area contributed by atoms with Crippen molar-refractivity contribution in [1.82, 2.24) is 20.2 Å². The summed E-state index contributed by atoms with van der Waals surface area (Å²) in [7, 11) is 0. The van der Waals surface area contributed by atoms with Crippen LogP contribution in [-0.4, -0.2) is 20.2 Å². The SMILES string of the molecule is CCC(Nc1c(C#N)nnc2ccccc12)c1ncc[nH]1. The second kappa shape index (κ2) is 5.59. The van der Waals surface area contributed by atoms with Gasteiger partial charge in [0.1, 0.15) is 11.9 Å². The third kappa shape index (κ3) is 2.41. The van der Waals surface area contributed by atoms with Crippen molar-refractivity contribution in [2.24, 2.45) is 0 Å². The summed E-state index contributed by atoms with van der Waals surface area (Å²) in [6, 6.07) is 9.71. The first-order valence-electron chi connectivity index (χ1n) is 6.74. The first-order chi connectivity index (χ1) is 10.3. The zero-order valence-corrected chi connectivity index (χ0v) is 11.5. The Labute approximate surface area is 121 Å². The fourth-order valence-electron chi connectivity index (χ4n) is 2.28. The summed E-state index contributed by atoms with van der Waals surface area (Å²) in [6.45, 7) is 2.06. The minimum Gasteiger partial charge on any atom is -0.372 e. The maximum atomic E-state index is 9.28. The third-order valence-corrected chi connectivity index (χ3v) is 3.35. The van der Waals surface area contributed by atoms with E-state index in [0.29, 0.717) is 11.4 Å². The van der Waals surface area contributed by atoms with E-state index in [1.807, 2.05) is 24.3 Å². The molecule has 0 aliphatic heterocycles. The number of imidazole rings is 1. The van der Waals surface area contributed by atoms with Crippen LogP contribution < -0.4 is 5.32 Å². The van der Waals surface area contributed by atoms with Crippen molar-refractivity contribution in [2.75, 3.05) is 5.32 Å². The van der Waals surface area contributed by atoms with Crippen molar-refractivity contribution in [2.45, 2.75) is 19.4 Å². The largest absolute Gasteiger partial charge is 0.372 e. The van der Waals surface area contributed by atoms with Crippen LogP contribution in [-0.2, 0) is 0 Å². The number of nitriles is 1. The summed E-state index contributed by atoms with van der Waals surface area (Å²) in [5, 5.41) is 21.6. The molecule has 0 saturated heterocycles. The molecule has 1 atom stereocenters. The Hall–Kier alpha value is -2.94. The number of aromatic amines is 1. The van der Waals surface area contributed by atoms with E-state index in [4.69, 9.17) is 0 Å². The van der Waals surface area contributed by atoms with Crippen molar-refractivity contribution in [3.8, 4) is 6.07 Å². The van der Waals surface area contributed by atoms with Gasteiger partial charge in [-0.3, -0.25) is 0 Å². The molecule has 0 spiro atoms. The lowest BCUT2D eigenvalue weighted by atomic mass is 10.1. The normalized spacial score (nSPS) is 12.0.